The maximum atomic E-state index is 14.3. The number of pyridine rings is 3. The average Bonchev–Trinajstić information content (AvgIpc) is 3.07. The molecule has 3 aromatic heterocycles. The Morgan fingerprint density at radius 3 is 2.74 bits per heavy atom. The highest BCUT2D eigenvalue weighted by atomic mass is 32.2. The van der Waals surface area contributed by atoms with Crippen LogP contribution in [0.2, 0.25) is 0 Å². The summed E-state index contributed by atoms with van der Waals surface area (Å²) in [6, 6.07) is 12.1. The lowest BCUT2D eigenvalue weighted by Gasteiger charge is -2.47. The number of ether oxygens (including phenoxy) is 1. The summed E-state index contributed by atoms with van der Waals surface area (Å²) >= 11 is 1.74. The number of thioether (sulfide) groups is 1. The van der Waals surface area contributed by atoms with Crippen molar-refractivity contribution in [3.05, 3.63) is 88.2 Å². The lowest BCUT2D eigenvalue weighted by molar-refractivity contribution is 0.0491. The Morgan fingerprint density at radius 1 is 1.17 bits per heavy atom. The average molecular weight is 632 g/mol. The lowest BCUT2D eigenvalue weighted by atomic mass is 9.85. The van der Waals surface area contributed by atoms with Gasteiger partial charge in [0.2, 0.25) is 5.88 Å². The van der Waals surface area contributed by atoms with E-state index in [-0.39, 0.29) is 17.0 Å². The van der Waals surface area contributed by atoms with E-state index in [0.29, 0.717) is 29.8 Å². The van der Waals surface area contributed by atoms with Crippen LogP contribution in [0, 0.1) is 0 Å². The molecule has 1 saturated heterocycles. The summed E-state index contributed by atoms with van der Waals surface area (Å²) in [4.78, 5) is 32.6. The van der Waals surface area contributed by atoms with Gasteiger partial charge in [-0.15, -0.1) is 0 Å². The number of nitrogens with zero attached hydrogens (tertiary/aromatic N) is 6. The number of fused-ring (bicyclic) bond motifs is 3. The van der Waals surface area contributed by atoms with Gasteiger partial charge in [-0.25, -0.2) is 9.98 Å². The molecule has 0 bridgehead atoms. The highest BCUT2D eigenvalue weighted by Gasteiger charge is 2.37. The SMILES string of the molecule is [B]c1cc2c(=O)c(CN(Cc3ccnc(OC)c3)C3CCCN(C4(C)C=NC(NC)=CC4)C3)c3n(c2cc1-c1ccncc1)CS3. The molecule has 0 aliphatic carbocycles. The van der Waals surface area contributed by atoms with Crippen LogP contribution in [0.4, 0.5) is 0 Å². The van der Waals surface area contributed by atoms with Gasteiger partial charge in [0.15, 0.2) is 5.43 Å². The minimum absolute atomic E-state index is 0.0579. The van der Waals surface area contributed by atoms with Crippen LogP contribution in [-0.4, -0.2) is 77.2 Å². The van der Waals surface area contributed by atoms with E-state index in [1.54, 1.807) is 37.5 Å². The Kier molecular flexibility index (Phi) is 8.48. The fourth-order valence-corrected chi connectivity index (χ4v) is 7.89. The molecular weight excluding hydrogens is 593 g/mol. The molecule has 1 N–H and O–H groups in total. The number of benzene rings is 1. The molecule has 6 heterocycles. The number of methoxy groups -OCH3 is 1. The van der Waals surface area contributed by atoms with Crippen LogP contribution >= 0.6 is 11.8 Å². The van der Waals surface area contributed by atoms with E-state index >= 15 is 0 Å². The maximum absolute atomic E-state index is 14.3. The van der Waals surface area contributed by atoms with Crippen molar-refractivity contribution in [2.45, 2.75) is 61.8 Å². The molecule has 46 heavy (non-hydrogen) atoms. The molecule has 2 atom stereocenters. The van der Waals surface area contributed by atoms with E-state index in [2.05, 4.69) is 54.9 Å². The van der Waals surface area contributed by atoms with Gasteiger partial charge in [-0.1, -0.05) is 23.3 Å². The Balaban J connectivity index is 1.25. The number of rotatable bonds is 9. The monoisotopic (exact) mass is 631 g/mol. The summed E-state index contributed by atoms with van der Waals surface area (Å²) in [6.45, 7) is 5.40. The number of hydrogen-bond acceptors (Lipinski definition) is 9. The fourth-order valence-electron chi connectivity index (χ4n) is 6.94. The van der Waals surface area contributed by atoms with Crippen LogP contribution in [0.15, 0.2) is 81.7 Å². The molecule has 1 aromatic carbocycles. The van der Waals surface area contributed by atoms with Crippen LogP contribution in [0.1, 0.15) is 37.3 Å². The minimum Gasteiger partial charge on any atom is -0.481 e. The van der Waals surface area contributed by atoms with Crippen LogP contribution < -0.4 is 20.9 Å². The molecule has 4 aromatic rings. The first-order valence-corrected chi connectivity index (χ1v) is 16.8. The van der Waals surface area contributed by atoms with Gasteiger partial charge in [0.05, 0.1) is 29.1 Å². The second kappa shape index (κ2) is 12.7. The first-order chi connectivity index (χ1) is 22.4. The minimum atomic E-state index is -0.156. The summed E-state index contributed by atoms with van der Waals surface area (Å²) in [5.41, 5.74) is 5.27. The van der Waals surface area contributed by atoms with Crippen LogP contribution in [0.3, 0.4) is 0 Å². The van der Waals surface area contributed by atoms with Gasteiger partial charge in [0.1, 0.15) is 13.7 Å². The van der Waals surface area contributed by atoms with E-state index in [1.165, 1.54) is 0 Å². The van der Waals surface area contributed by atoms with Crippen LogP contribution in [-0.2, 0) is 19.0 Å². The van der Waals surface area contributed by atoms with Crippen LogP contribution in [0.5, 0.6) is 5.88 Å². The Labute approximate surface area is 275 Å². The van der Waals surface area contributed by atoms with Gasteiger partial charge in [-0.2, -0.15) is 0 Å². The van der Waals surface area contributed by atoms with Crippen molar-refractivity contribution in [1.82, 2.24) is 29.7 Å². The van der Waals surface area contributed by atoms with E-state index in [1.807, 2.05) is 37.4 Å². The van der Waals surface area contributed by atoms with Crippen molar-refractivity contribution in [3.63, 3.8) is 0 Å². The summed E-state index contributed by atoms with van der Waals surface area (Å²) in [6.07, 6.45) is 12.6. The summed E-state index contributed by atoms with van der Waals surface area (Å²) in [5, 5.41) is 4.88. The molecule has 9 nitrogen and oxygen atoms in total. The van der Waals surface area contributed by atoms with Crippen LogP contribution in [0.25, 0.3) is 22.0 Å². The third-order valence-corrected chi connectivity index (χ3v) is 10.8. The van der Waals surface area contributed by atoms with E-state index in [0.717, 1.165) is 76.8 Å². The second-order valence-corrected chi connectivity index (χ2v) is 13.5. The Bertz CT molecular complexity index is 1900. The van der Waals surface area contributed by atoms with E-state index in [4.69, 9.17) is 17.6 Å². The van der Waals surface area contributed by atoms with Crippen molar-refractivity contribution in [2.24, 2.45) is 4.99 Å². The van der Waals surface area contributed by atoms with Gasteiger partial charge in [0.25, 0.3) is 0 Å². The largest absolute Gasteiger partial charge is 0.481 e. The molecule has 11 heteroatoms. The fraction of sp³-hybridized carbons (Fsp3) is 0.371. The molecule has 2 unspecified atom stereocenters. The van der Waals surface area contributed by atoms with Crippen molar-refractivity contribution < 1.29 is 4.74 Å². The van der Waals surface area contributed by atoms with Gasteiger partial charge < -0.3 is 14.6 Å². The quantitative estimate of drug-likeness (QED) is 0.277. The molecule has 2 radical (unpaired) electrons. The van der Waals surface area contributed by atoms with Crippen molar-refractivity contribution in [2.75, 3.05) is 27.2 Å². The number of likely N-dealkylation sites (tertiary alicyclic amines) is 1. The normalized spacial score (nSPS) is 21.1. The number of aromatic nitrogens is 3. The first-order valence-electron chi connectivity index (χ1n) is 15.8. The molecule has 3 aliphatic heterocycles. The first kappa shape index (κ1) is 30.7. The third kappa shape index (κ3) is 5.76. The number of hydrogen-bond donors (Lipinski definition) is 1. The summed E-state index contributed by atoms with van der Waals surface area (Å²) < 4.78 is 7.73. The molecule has 0 saturated carbocycles. The zero-order valence-electron chi connectivity index (χ0n) is 26.6. The summed E-state index contributed by atoms with van der Waals surface area (Å²) in [7, 11) is 10.1. The maximum Gasteiger partial charge on any atom is 0.213 e. The van der Waals surface area contributed by atoms with E-state index < -0.39 is 0 Å². The standard InChI is InChI=1S/C35H38BN7O2S/c1-35(10-6-31(37-2)40-21-35)42-14-4-5-25(19-42)41(18-23-7-13-39-32(15-23)45-3)20-28-33(44)27-16-29(36)26(24-8-11-38-12-9-24)17-30(27)43-22-46-34(28)43/h6-9,11-13,15-17,21,25,37H,4-5,10,14,18-20,22H2,1-3H3. The molecule has 1 fully saturated rings. The lowest BCUT2D eigenvalue weighted by Crippen LogP contribution is -2.57. The van der Waals surface area contributed by atoms with Crippen molar-refractivity contribution in [1.29, 1.82) is 0 Å². The molecule has 234 valence electrons. The van der Waals surface area contributed by atoms with Gasteiger partial charge in [0, 0.05) is 74.5 Å². The molecule has 0 spiro atoms. The molecule has 7 rings (SSSR count). The van der Waals surface area contributed by atoms with Crippen molar-refractivity contribution >= 4 is 42.2 Å². The second-order valence-electron chi connectivity index (χ2n) is 12.5. The third-order valence-electron chi connectivity index (χ3n) is 9.64. The highest BCUT2D eigenvalue weighted by molar-refractivity contribution is 7.99. The smallest absolute Gasteiger partial charge is 0.213 e. The topological polar surface area (TPSA) is 87.9 Å². The molecule has 0 amide bonds. The predicted molar refractivity (Wildman–Crippen MR) is 186 cm³/mol. The molecular formula is C35H38BN7O2S. The van der Waals surface area contributed by atoms with Gasteiger partial charge in [-0.3, -0.25) is 19.6 Å². The van der Waals surface area contributed by atoms with Crippen molar-refractivity contribution in [3.8, 4) is 17.0 Å². The van der Waals surface area contributed by atoms with E-state index in [9.17, 15) is 4.79 Å². The Hall–Kier alpha value is -3.93. The summed E-state index contributed by atoms with van der Waals surface area (Å²) in [5.74, 6) is 2.31. The zero-order valence-corrected chi connectivity index (χ0v) is 27.4. The zero-order chi connectivity index (χ0) is 31.8. The van der Waals surface area contributed by atoms with Gasteiger partial charge >= 0.3 is 0 Å². The number of nitrogens with one attached hydrogen (secondary N) is 1. The predicted octanol–water partition coefficient (Wildman–Crippen LogP) is 4.08. The molecule has 3 aliphatic rings. The van der Waals surface area contributed by atoms with Gasteiger partial charge in [-0.05, 0) is 79.8 Å². The Morgan fingerprint density at radius 2 is 2.02 bits per heavy atom. The number of aliphatic imine (C=N–C) groups is 1. The number of piperidine rings is 1. The highest BCUT2D eigenvalue weighted by Crippen LogP contribution is 2.38.